The summed E-state index contributed by atoms with van der Waals surface area (Å²) in [6.07, 6.45) is 4.38. The lowest BCUT2D eigenvalue weighted by molar-refractivity contribution is 0.250. The molecule has 5 rings (SSSR count). The summed E-state index contributed by atoms with van der Waals surface area (Å²) >= 11 is 1.44. The molecule has 1 aliphatic heterocycles. The van der Waals surface area contributed by atoms with Gasteiger partial charge in [-0.15, -0.1) is 0 Å². The number of hydrogen-bond acceptors (Lipinski definition) is 10. The second kappa shape index (κ2) is 9.31. The largest absolute Gasteiger partial charge is 0.505 e. The van der Waals surface area contributed by atoms with Crippen molar-refractivity contribution in [2.75, 3.05) is 12.4 Å². The van der Waals surface area contributed by atoms with Crippen molar-refractivity contribution in [1.82, 2.24) is 9.78 Å². The third-order valence-corrected chi connectivity index (χ3v) is 8.25. The molecule has 1 aromatic carbocycles. The van der Waals surface area contributed by atoms with E-state index in [1.807, 2.05) is 10.8 Å². The molecule has 2 aromatic heterocycles. The number of nitrogens with zero attached hydrogens (tertiary/aromatic N) is 3. The average Bonchev–Trinajstić information content (AvgIpc) is 3.50. The average molecular weight is 515 g/mol. The van der Waals surface area contributed by atoms with Gasteiger partial charge in [-0.05, 0) is 48.4 Å². The van der Waals surface area contributed by atoms with Crippen LogP contribution in [0, 0.1) is 5.92 Å². The first-order valence-corrected chi connectivity index (χ1v) is 13.2. The number of nitrogens with two attached hydrogens (primary N) is 1. The SMILES string of the molecule is COP1(=O)N=C(c2c(O)c(-c3ccsc3)nn(CC3CC3)c2=O)Nc2ccc(O/C=C/ON)cc21. The highest BCUT2D eigenvalue weighted by Gasteiger charge is 2.36. The molecule has 1 unspecified atom stereocenters. The maximum Gasteiger partial charge on any atom is 0.348 e. The van der Waals surface area contributed by atoms with Crippen molar-refractivity contribution >= 4 is 35.7 Å². The zero-order valence-corrected chi connectivity index (χ0v) is 20.3. The van der Waals surface area contributed by atoms with E-state index < -0.39 is 13.1 Å². The van der Waals surface area contributed by atoms with Gasteiger partial charge in [-0.25, -0.2) is 4.68 Å². The van der Waals surface area contributed by atoms with Crippen LogP contribution in [-0.4, -0.2) is 27.8 Å². The Labute approximate surface area is 203 Å². The van der Waals surface area contributed by atoms with Crippen LogP contribution < -0.4 is 26.8 Å². The summed E-state index contributed by atoms with van der Waals surface area (Å²) < 4.78 is 30.1. The highest BCUT2D eigenvalue weighted by Crippen LogP contribution is 2.52. The predicted molar refractivity (Wildman–Crippen MR) is 132 cm³/mol. The molecule has 2 aliphatic rings. The predicted octanol–water partition coefficient (Wildman–Crippen LogP) is 3.16. The first-order chi connectivity index (χ1) is 16.9. The Morgan fingerprint density at radius 2 is 2.17 bits per heavy atom. The highest BCUT2D eigenvalue weighted by molar-refractivity contribution is 7.66. The Bertz CT molecular complexity index is 1430. The van der Waals surface area contributed by atoms with Crippen LogP contribution in [-0.2, 0) is 20.5 Å². The van der Waals surface area contributed by atoms with Gasteiger partial charge in [-0.3, -0.25) is 9.36 Å². The molecule has 11 nitrogen and oxygen atoms in total. The lowest BCUT2D eigenvalue weighted by Crippen LogP contribution is -2.35. The Kier molecular flexibility index (Phi) is 6.20. The number of nitrogens with one attached hydrogen (secondary N) is 1. The molecule has 1 atom stereocenters. The van der Waals surface area contributed by atoms with E-state index in [4.69, 9.17) is 15.2 Å². The fourth-order valence-electron chi connectivity index (χ4n) is 3.69. The minimum atomic E-state index is -3.83. The molecule has 3 heterocycles. The molecule has 13 heteroatoms. The number of thiophene rings is 1. The third kappa shape index (κ3) is 4.48. The van der Waals surface area contributed by atoms with Gasteiger partial charge in [0.05, 0.1) is 11.0 Å². The van der Waals surface area contributed by atoms with E-state index in [9.17, 15) is 14.5 Å². The molecule has 0 radical (unpaired) electrons. The second-order valence-corrected chi connectivity index (χ2v) is 10.9. The van der Waals surface area contributed by atoms with E-state index in [0.29, 0.717) is 29.5 Å². The Morgan fingerprint density at radius 3 is 2.86 bits per heavy atom. The lowest BCUT2D eigenvalue weighted by atomic mass is 10.1. The van der Waals surface area contributed by atoms with Gasteiger partial charge in [0.1, 0.15) is 29.5 Å². The van der Waals surface area contributed by atoms with Gasteiger partial charge in [0, 0.05) is 24.6 Å². The minimum absolute atomic E-state index is 0.0568. The zero-order chi connectivity index (χ0) is 24.6. The standard InChI is InChI=1S/C22H22N5O6PS/c1-31-34(30)17-10-15(32-7-8-33-23)4-5-16(17)24-21(26-34)18-20(28)19(14-6-9-35-12-14)25-27(22(18)29)11-13-2-3-13/h4-10,12-13,28H,2-3,11,23H2,1H3,(H,24,26,30)/b8-7+. The molecule has 4 N–H and O–H groups in total. The highest BCUT2D eigenvalue weighted by atomic mass is 32.1. The summed E-state index contributed by atoms with van der Waals surface area (Å²) in [5, 5.41) is 22.5. The van der Waals surface area contributed by atoms with Gasteiger partial charge < -0.3 is 24.5 Å². The summed E-state index contributed by atoms with van der Waals surface area (Å²) in [5.74, 6) is 5.23. The van der Waals surface area contributed by atoms with Crippen LogP contribution in [0.1, 0.15) is 18.4 Å². The van der Waals surface area contributed by atoms with Crippen molar-refractivity contribution in [1.29, 1.82) is 0 Å². The van der Waals surface area contributed by atoms with Crippen LogP contribution in [0.25, 0.3) is 11.3 Å². The van der Waals surface area contributed by atoms with Gasteiger partial charge >= 0.3 is 7.52 Å². The van der Waals surface area contributed by atoms with Crippen molar-refractivity contribution in [2.45, 2.75) is 19.4 Å². The summed E-state index contributed by atoms with van der Waals surface area (Å²) in [7, 11) is -2.56. The van der Waals surface area contributed by atoms with Gasteiger partial charge in [0.2, 0.25) is 0 Å². The molecular formula is C22H22N5O6PS. The third-order valence-electron chi connectivity index (χ3n) is 5.63. The van der Waals surface area contributed by atoms with Crippen molar-refractivity contribution in [3.63, 3.8) is 0 Å². The summed E-state index contributed by atoms with van der Waals surface area (Å²) in [6.45, 7) is 0.426. The maximum atomic E-state index is 13.7. The van der Waals surface area contributed by atoms with E-state index in [-0.39, 0.29) is 28.1 Å². The monoisotopic (exact) mass is 515 g/mol. The van der Waals surface area contributed by atoms with Crippen molar-refractivity contribution in [3.05, 3.63) is 63.5 Å². The number of aromatic hydroxyl groups is 1. The van der Waals surface area contributed by atoms with E-state index in [2.05, 4.69) is 20.0 Å². The first kappa shape index (κ1) is 23.3. The van der Waals surface area contributed by atoms with Crippen molar-refractivity contribution in [2.24, 2.45) is 16.6 Å². The van der Waals surface area contributed by atoms with Crippen LogP contribution in [0.3, 0.4) is 0 Å². The van der Waals surface area contributed by atoms with Crippen molar-refractivity contribution in [3.8, 4) is 22.8 Å². The molecule has 1 aliphatic carbocycles. The maximum absolute atomic E-state index is 13.7. The zero-order valence-electron chi connectivity index (χ0n) is 18.6. The van der Waals surface area contributed by atoms with Crippen LogP contribution in [0.2, 0.25) is 0 Å². The molecule has 35 heavy (non-hydrogen) atoms. The number of aromatic nitrogens is 2. The summed E-state index contributed by atoms with van der Waals surface area (Å²) in [6, 6.07) is 6.54. The van der Waals surface area contributed by atoms with E-state index in [1.54, 1.807) is 18.2 Å². The minimum Gasteiger partial charge on any atom is -0.505 e. The topological polar surface area (TPSA) is 150 Å². The van der Waals surface area contributed by atoms with E-state index in [0.717, 1.165) is 19.1 Å². The number of ether oxygens (including phenoxy) is 1. The quantitative estimate of drug-likeness (QED) is 0.233. The van der Waals surface area contributed by atoms with E-state index in [1.165, 1.54) is 35.5 Å². The number of rotatable bonds is 8. The molecule has 3 aromatic rings. The Morgan fingerprint density at radius 1 is 1.34 bits per heavy atom. The van der Waals surface area contributed by atoms with Crippen LogP contribution in [0.5, 0.6) is 11.5 Å². The molecule has 0 bridgehead atoms. The first-order valence-electron chi connectivity index (χ1n) is 10.7. The smallest absolute Gasteiger partial charge is 0.348 e. The number of anilines is 1. The number of hydrogen-bond donors (Lipinski definition) is 3. The lowest BCUT2D eigenvalue weighted by Gasteiger charge is -2.25. The molecule has 1 fully saturated rings. The normalized spacial score (nSPS) is 19.2. The van der Waals surface area contributed by atoms with Gasteiger partial charge in [-0.2, -0.15) is 27.1 Å². The van der Waals surface area contributed by atoms with Crippen LogP contribution in [0.4, 0.5) is 5.69 Å². The molecule has 0 amide bonds. The fourth-order valence-corrected chi connectivity index (χ4v) is 5.86. The summed E-state index contributed by atoms with van der Waals surface area (Å²) in [4.78, 5) is 17.7. The van der Waals surface area contributed by atoms with Gasteiger partial charge in [0.15, 0.2) is 11.6 Å². The Balaban J connectivity index is 1.63. The molecule has 0 spiro atoms. The summed E-state index contributed by atoms with van der Waals surface area (Å²) in [5.41, 5.74) is 0.668. The van der Waals surface area contributed by atoms with Crippen LogP contribution in [0.15, 0.2) is 57.1 Å². The fraction of sp³-hybridized carbons (Fsp3) is 0.227. The van der Waals surface area contributed by atoms with Crippen LogP contribution >= 0.6 is 18.9 Å². The second-order valence-electron chi connectivity index (χ2n) is 8.00. The molecular weight excluding hydrogens is 493 g/mol. The Hall–Kier alpha value is -3.44. The number of amidine groups is 1. The molecule has 1 saturated carbocycles. The van der Waals surface area contributed by atoms with Gasteiger partial charge in [-0.1, -0.05) is 0 Å². The number of benzene rings is 1. The van der Waals surface area contributed by atoms with Crippen molar-refractivity contribution < 1.29 is 23.8 Å². The van der Waals surface area contributed by atoms with E-state index >= 15 is 0 Å². The number of fused-ring (bicyclic) bond motifs is 1. The van der Waals surface area contributed by atoms with Gasteiger partial charge in [0.25, 0.3) is 5.56 Å². The molecule has 182 valence electrons. The molecule has 0 saturated heterocycles.